The second-order valence-electron chi connectivity index (χ2n) is 4.05. The molecule has 20 heavy (non-hydrogen) atoms. The van der Waals surface area contributed by atoms with E-state index in [0.717, 1.165) is 0 Å². The number of benzene rings is 1. The minimum Gasteiger partial charge on any atom is -0.364 e. The van der Waals surface area contributed by atoms with Crippen molar-refractivity contribution in [2.75, 3.05) is 4.72 Å². The van der Waals surface area contributed by atoms with Crippen molar-refractivity contribution < 1.29 is 13.2 Å². The van der Waals surface area contributed by atoms with Gasteiger partial charge in [-0.05, 0) is 30.7 Å². The summed E-state index contributed by atoms with van der Waals surface area (Å²) in [7, 11) is -3.82. The van der Waals surface area contributed by atoms with Crippen LogP contribution in [0.25, 0.3) is 0 Å². The van der Waals surface area contributed by atoms with Gasteiger partial charge >= 0.3 is 0 Å². The third-order valence-electron chi connectivity index (χ3n) is 2.51. The summed E-state index contributed by atoms with van der Waals surface area (Å²) in [6.07, 6.45) is 0. The molecule has 0 bridgehead atoms. The second kappa shape index (κ2) is 5.14. The number of H-pyrrole nitrogens is 1. The molecule has 0 saturated carbocycles. The number of hydrogen-bond acceptors (Lipinski definition) is 4. The maximum absolute atomic E-state index is 12.2. The third kappa shape index (κ3) is 2.91. The Hall–Kier alpha value is -2.06. The maximum Gasteiger partial charge on any atom is 0.266 e. The molecule has 0 saturated heterocycles. The van der Waals surface area contributed by atoms with Gasteiger partial charge in [-0.2, -0.15) is 5.10 Å². The first-order chi connectivity index (χ1) is 9.29. The van der Waals surface area contributed by atoms with E-state index in [0.29, 0.717) is 10.6 Å². The van der Waals surface area contributed by atoms with Gasteiger partial charge in [0.15, 0.2) is 5.82 Å². The molecule has 0 aliphatic rings. The molecule has 1 aromatic carbocycles. The van der Waals surface area contributed by atoms with E-state index >= 15 is 0 Å². The van der Waals surface area contributed by atoms with Crippen LogP contribution in [0.5, 0.6) is 0 Å². The van der Waals surface area contributed by atoms with Crippen molar-refractivity contribution in [2.45, 2.75) is 11.8 Å². The SMILES string of the molecule is Cc1cc(Cl)ccc1S(=O)(=O)Nc1cc(C(N)=O)[nH]n1. The van der Waals surface area contributed by atoms with Crippen LogP contribution >= 0.6 is 11.6 Å². The number of anilines is 1. The molecule has 1 heterocycles. The Morgan fingerprint density at radius 1 is 1.40 bits per heavy atom. The zero-order valence-electron chi connectivity index (χ0n) is 10.3. The third-order valence-corrected chi connectivity index (χ3v) is 4.26. The van der Waals surface area contributed by atoms with Crippen LogP contribution in [0.4, 0.5) is 5.82 Å². The van der Waals surface area contributed by atoms with E-state index in [-0.39, 0.29) is 16.4 Å². The fourth-order valence-corrected chi connectivity index (χ4v) is 3.05. The van der Waals surface area contributed by atoms with E-state index in [2.05, 4.69) is 14.9 Å². The molecule has 0 atom stereocenters. The zero-order valence-corrected chi connectivity index (χ0v) is 11.9. The van der Waals surface area contributed by atoms with Gasteiger partial charge in [-0.3, -0.25) is 14.6 Å². The fourth-order valence-electron chi connectivity index (χ4n) is 1.61. The van der Waals surface area contributed by atoms with E-state index in [4.69, 9.17) is 17.3 Å². The monoisotopic (exact) mass is 314 g/mol. The van der Waals surface area contributed by atoms with Crippen molar-refractivity contribution in [1.82, 2.24) is 10.2 Å². The topological polar surface area (TPSA) is 118 Å². The molecule has 2 aromatic rings. The quantitative estimate of drug-likeness (QED) is 0.787. The van der Waals surface area contributed by atoms with Gasteiger partial charge in [0.05, 0.1) is 4.90 Å². The average Bonchev–Trinajstić information content (AvgIpc) is 2.76. The van der Waals surface area contributed by atoms with Gasteiger partial charge in [0, 0.05) is 11.1 Å². The minimum atomic E-state index is -3.82. The smallest absolute Gasteiger partial charge is 0.266 e. The molecule has 0 aliphatic carbocycles. The van der Waals surface area contributed by atoms with Crippen LogP contribution in [0.1, 0.15) is 16.1 Å². The number of carbonyl (C=O) groups is 1. The van der Waals surface area contributed by atoms with Crippen molar-refractivity contribution in [3.63, 3.8) is 0 Å². The lowest BCUT2D eigenvalue weighted by atomic mass is 10.2. The first-order valence-corrected chi connectivity index (χ1v) is 7.30. The molecule has 1 amide bonds. The normalized spacial score (nSPS) is 11.3. The second-order valence-corrected chi connectivity index (χ2v) is 6.13. The highest BCUT2D eigenvalue weighted by atomic mass is 35.5. The molecule has 2 rings (SSSR count). The Bertz CT molecular complexity index is 770. The zero-order chi connectivity index (χ0) is 14.9. The summed E-state index contributed by atoms with van der Waals surface area (Å²) in [5, 5.41) is 6.43. The summed E-state index contributed by atoms with van der Waals surface area (Å²) in [6.45, 7) is 1.62. The Morgan fingerprint density at radius 2 is 2.10 bits per heavy atom. The van der Waals surface area contributed by atoms with Crippen molar-refractivity contribution in [1.29, 1.82) is 0 Å². The molecule has 106 valence electrons. The summed E-state index contributed by atoms with van der Waals surface area (Å²) in [6, 6.07) is 5.62. The summed E-state index contributed by atoms with van der Waals surface area (Å²) in [4.78, 5) is 11.0. The van der Waals surface area contributed by atoms with Gasteiger partial charge in [-0.25, -0.2) is 8.42 Å². The van der Waals surface area contributed by atoms with Crippen LogP contribution in [0.3, 0.4) is 0 Å². The number of amides is 1. The Balaban J connectivity index is 2.33. The number of nitrogens with zero attached hydrogens (tertiary/aromatic N) is 1. The number of primary amides is 1. The van der Waals surface area contributed by atoms with E-state index < -0.39 is 15.9 Å². The molecule has 7 nitrogen and oxygen atoms in total. The van der Waals surface area contributed by atoms with E-state index in [1.807, 2.05) is 0 Å². The number of halogens is 1. The van der Waals surface area contributed by atoms with Crippen molar-refractivity contribution in [3.05, 3.63) is 40.5 Å². The molecular weight excluding hydrogens is 304 g/mol. The Kier molecular flexibility index (Phi) is 3.69. The van der Waals surface area contributed by atoms with Gasteiger partial charge in [-0.1, -0.05) is 11.6 Å². The Morgan fingerprint density at radius 3 is 2.65 bits per heavy atom. The standard InChI is InChI=1S/C11H11ClN4O3S/c1-6-4-7(12)2-3-9(6)20(18,19)16-10-5-8(11(13)17)14-15-10/h2-5H,1H3,(H2,13,17)(H2,14,15,16). The van der Waals surface area contributed by atoms with E-state index in [1.165, 1.54) is 24.3 Å². The van der Waals surface area contributed by atoms with Crippen LogP contribution in [0.2, 0.25) is 5.02 Å². The van der Waals surface area contributed by atoms with Crippen molar-refractivity contribution in [3.8, 4) is 0 Å². The van der Waals surface area contributed by atoms with Gasteiger partial charge < -0.3 is 5.73 Å². The van der Waals surface area contributed by atoms with Gasteiger partial charge in [0.1, 0.15) is 5.69 Å². The molecule has 9 heteroatoms. The molecule has 0 unspecified atom stereocenters. The van der Waals surface area contributed by atoms with Crippen molar-refractivity contribution in [2.24, 2.45) is 5.73 Å². The number of sulfonamides is 1. The summed E-state index contributed by atoms with van der Waals surface area (Å²) < 4.78 is 26.6. The largest absolute Gasteiger partial charge is 0.364 e. The number of hydrogen-bond donors (Lipinski definition) is 3. The molecular formula is C11H11ClN4O3S. The molecule has 0 aliphatic heterocycles. The number of nitrogens with two attached hydrogens (primary N) is 1. The molecule has 0 radical (unpaired) electrons. The van der Waals surface area contributed by atoms with E-state index in [1.54, 1.807) is 6.92 Å². The number of aromatic amines is 1. The van der Waals surface area contributed by atoms with Crippen LogP contribution in [0, 0.1) is 6.92 Å². The summed E-state index contributed by atoms with van der Waals surface area (Å²) in [5.41, 5.74) is 5.55. The van der Waals surface area contributed by atoms with Gasteiger partial charge in [0.2, 0.25) is 0 Å². The summed E-state index contributed by atoms with van der Waals surface area (Å²) in [5.74, 6) is -0.751. The number of rotatable bonds is 4. The molecule has 0 fully saturated rings. The molecule has 4 N–H and O–H groups in total. The number of aryl methyl sites for hydroxylation is 1. The van der Waals surface area contributed by atoms with E-state index in [9.17, 15) is 13.2 Å². The minimum absolute atomic E-state index is 0.00975. The predicted molar refractivity (Wildman–Crippen MR) is 74.1 cm³/mol. The lowest BCUT2D eigenvalue weighted by molar-refractivity contribution is 0.0995. The average molecular weight is 315 g/mol. The number of aromatic nitrogens is 2. The Labute approximate surface area is 120 Å². The maximum atomic E-state index is 12.2. The highest BCUT2D eigenvalue weighted by Crippen LogP contribution is 2.21. The number of nitrogens with one attached hydrogen (secondary N) is 2. The van der Waals surface area contributed by atoms with Crippen LogP contribution in [0.15, 0.2) is 29.2 Å². The van der Waals surface area contributed by atoms with Gasteiger partial charge in [0.25, 0.3) is 15.9 Å². The van der Waals surface area contributed by atoms with Crippen LogP contribution in [-0.4, -0.2) is 24.5 Å². The lowest BCUT2D eigenvalue weighted by Crippen LogP contribution is -2.14. The van der Waals surface area contributed by atoms with Gasteiger partial charge in [-0.15, -0.1) is 0 Å². The summed E-state index contributed by atoms with van der Waals surface area (Å²) >= 11 is 5.78. The molecule has 1 aromatic heterocycles. The van der Waals surface area contributed by atoms with Crippen molar-refractivity contribution >= 4 is 33.3 Å². The first kappa shape index (κ1) is 14.4. The molecule has 0 spiro atoms. The number of carbonyl (C=O) groups excluding carboxylic acids is 1. The lowest BCUT2D eigenvalue weighted by Gasteiger charge is -2.08. The highest BCUT2D eigenvalue weighted by molar-refractivity contribution is 7.92. The fraction of sp³-hybridized carbons (Fsp3) is 0.0909. The van der Waals surface area contributed by atoms with Crippen LogP contribution in [-0.2, 0) is 10.0 Å². The van der Waals surface area contributed by atoms with Crippen LogP contribution < -0.4 is 10.5 Å². The highest BCUT2D eigenvalue weighted by Gasteiger charge is 2.19. The predicted octanol–water partition coefficient (Wildman–Crippen LogP) is 1.27. The first-order valence-electron chi connectivity index (χ1n) is 5.44.